The first-order valence-corrected chi connectivity index (χ1v) is 7.77. The number of hydrogen-bond donors (Lipinski definition) is 3. The van der Waals surface area contributed by atoms with E-state index in [0.29, 0.717) is 5.75 Å². The first kappa shape index (κ1) is 19.5. The molecule has 0 heterocycles. The number of hydrogen-bond acceptors (Lipinski definition) is 4. The summed E-state index contributed by atoms with van der Waals surface area (Å²) < 4.78 is 5.50. The van der Waals surface area contributed by atoms with Gasteiger partial charge in [-0.05, 0) is 30.9 Å². The van der Waals surface area contributed by atoms with Gasteiger partial charge in [0.05, 0.1) is 0 Å². The molecule has 1 rings (SSSR count). The molecule has 0 aliphatic heterocycles. The van der Waals surface area contributed by atoms with E-state index in [4.69, 9.17) is 4.74 Å². The molecular formula is C17H25N3O4. The summed E-state index contributed by atoms with van der Waals surface area (Å²) in [7, 11) is 0. The van der Waals surface area contributed by atoms with Gasteiger partial charge in [-0.15, -0.1) is 0 Å². The van der Waals surface area contributed by atoms with Gasteiger partial charge in [0.2, 0.25) is 5.91 Å². The van der Waals surface area contributed by atoms with E-state index in [1.54, 1.807) is 13.8 Å². The number of nitrogens with one attached hydrogen (secondary N) is 3. The Morgan fingerprint density at radius 1 is 1.08 bits per heavy atom. The Balaban J connectivity index is 2.51. The van der Waals surface area contributed by atoms with Crippen molar-refractivity contribution in [3.8, 4) is 5.75 Å². The molecule has 1 atom stereocenters. The number of hydrazine groups is 1. The molecule has 7 nitrogen and oxygen atoms in total. The van der Waals surface area contributed by atoms with Crippen LogP contribution >= 0.6 is 0 Å². The molecule has 0 bridgehead atoms. The minimum absolute atomic E-state index is 0.114. The summed E-state index contributed by atoms with van der Waals surface area (Å²) in [6.07, 6.45) is 0. The lowest BCUT2D eigenvalue weighted by molar-refractivity contribution is -0.133. The van der Waals surface area contributed by atoms with Crippen LogP contribution in [0.25, 0.3) is 0 Å². The van der Waals surface area contributed by atoms with Crippen LogP contribution in [0.5, 0.6) is 5.75 Å². The second-order valence-corrected chi connectivity index (χ2v) is 5.97. The summed E-state index contributed by atoms with van der Waals surface area (Å²) in [5, 5.41) is 2.54. The van der Waals surface area contributed by atoms with Gasteiger partial charge in [0, 0.05) is 6.92 Å². The summed E-state index contributed by atoms with van der Waals surface area (Å²) in [6, 6.07) is 4.97. The van der Waals surface area contributed by atoms with E-state index in [1.807, 2.05) is 32.0 Å². The standard InChI is InChI=1S/C17H25N3O4/c1-10(2)15(18-13(5)21)17(23)20-19-14(22)9-24-16-11(3)7-6-8-12(16)4/h6-8,10,15H,9H2,1-5H3,(H,18,21)(H,19,22)(H,20,23)/t15-/m1/s1. The van der Waals surface area contributed by atoms with Gasteiger partial charge >= 0.3 is 0 Å². The van der Waals surface area contributed by atoms with E-state index in [-0.39, 0.29) is 18.4 Å². The predicted octanol–water partition coefficient (Wildman–Crippen LogP) is 0.990. The van der Waals surface area contributed by atoms with Crippen molar-refractivity contribution in [2.45, 2.75) is 40.7 Å². The quantitative estimate of drug-likeness (QED) is 0.676. The highest BCUT2D eigenvalue weighted by molar-refractivity contribution is 5.89. The van der Waals surface area contributed by atoms with E-state index in [0.717, 1.165) is 11.1 Å². The number of carbonyl (C=O) groups is 3. The zero-order valence-electron chi connectivity index (χ0n) is 14.7. The lowest BCUT2D eigenvalue weighted by Crippen LogP contribution is -2.54. The van der Waals surface area contributed by atoms with E-state index in [2.05, 4.69) is 16.2 Å². The van der Waals surface area contributed by atoms with E-state index in [9.17, 15) is 14.4 Å². The van der Waals surface area contributed by atoms with Crippen molar-refractivity contribution in [2.75, 3.05) is 6.61 Å². The van der Waals surface area contributed by atoms with Crippen molar-refractivity contribution in [1.82, 2.24) is 16.2 Å². The molecule has 0 radical (unpaired) electrons. The maximum absolute atomic E-state index is 12.0. The van der Waals surface area contributed by atoms with Crippen LogP contribution in [0.3, 0.4) is 0 Å². The first-order chi connectivity index (χ1) is 11.2. The largest absolute Gasteiger partial charge is 0.483 e. The Morgan fingerprint density at radius 2 is 1.67 bits per heavy atom. The lowest BCUT2D eigenvalue weighted by atomic mass is 10.0. The average molecular weight is 335 g/mol. The molecule has 24 heavy (non-hydrogen) atoms. The molecule has 1 aromatic carbocycles. The maximum Gasteiger partial charge on any atom is 0.276 e. The molecule has 3 N–H and O–H groups in total. The Kier molecular flexibility index (Phi) is 7.23. The second kappa shape index (κ2) is 8.90. The second-order valence-electron chi connectivity index (χ2n) is 5.97. The van der Waals surface area contributed by atoms with Gasteiger partial charge in [-0.25, -0.2) is 0 Å². The zero-order chi connectivity index (χ0) is 18.3. The fraction of sp³-hybridized carbons (Fsp3) is 0.471. The maximum atomic E-state index is 12.0. The van der Waals surface area contributed by atoms with E-state index in [1.165, 1.54) is 6.92 Å². The third kappa shape index (κ3) is 5.91. The Labute approximate surface area is 142 Å². The number of rotatable bonds is 6. The molecule has 0 saturated carbocycles. The number of benzene rings is 1. The third-order valence-corrected chi connectivity index (χ3v) is 3.39. The summed E-state index contributed by atoms with van der Waals surface area (Å²) in [5.41, 5.74) is 6.44. The number of ether oxygens (including phenoxy) is 1. The van der Waals surface area contributed by atoms with Crippen molar-refractivity contribution in [1.29, 1.82) is 0 Å². The van der Waals surface area contributed by atoms with Crippen molar-refractivity contribution < 1.29 is 19.1 Å². The van der Waals surface area contributed by atoms with Crippen molar-refractivity contribution >= 4 is 17.7 Å². The third-order valence-electron chi connectivity index (χ3n) is 3.39. The van der Waals surface area contributed by atoms with Gasteiger partial charge in [0.15, 0.2) is 6.61 Å². The molecular weight excluding hydrogens is 310 g/mol. The minimum atomic E-state index is -0.720. The van der Waals surface area contributed by atoms with E-state index < -0.39 is 17.9 Å². The molecule has 0 spiro atoms. The van der Waals surface area contributed by atoms with Crippen LogP contribution in [0.1, 0.15) is 31.9 Å². The number of amides is 3. The fourth-order valence-corrected chi connectivity index (χ4v) is 2.16. The van der Waals surface area contributed by atoms with Gasteiger partial charge in [-0.3, -0.25) is 25.2 Å². The van der Waals surface area contributed by atoms with Crippen LogP contribution in [0, 0.1) is 19.8 Å². The van der Waals surface area contributed by atoms with Crippen LogP contribution in [0.4, 0.5) is 0 Å². The molecule has 1 aromatic rings. The Bertz CT molecular complexity index is 594. The summed E-state index contributed by atoms with van der Waals surface area (Å²) in [4.78, 5) is 35.0. The topological polar surface area (TPSA) is 96.5 Å². The lowest BCUT2D eigenvalue weighted by Gasteiger charge is -2.21. The predicted molar refractivity (Wildman–Crippen MR) is 90.1 cm³/mol. The molecule has 0 unspecified atom stereocenters. The molecule has 0 aliphatic carbocycles. The molecule has 0 saturated heterocycles. The van der Waals surface area contributed by atoms with Crippen LogP contribution in [-0.2, 0) is 14.4 Å². The first-order valence-electron chi connectivity index (χ1n) is 7.77. The number of aryl methyl sites for hydroxylation is 2. The molecule has 132 valence electrons. The molecule has 3 amide bonds. The van der Waals surface area contributed by atoms with Gasteiger partial charge in [0.1, 0.15) is 11.8 Å². The summed E-state index contributed by atoms with van der Waals surface area (Å²) in [6.45, 7) is 8.49. The minimum Gasteiger partial charge on any atom is -0.483 e. The monoisotopic (exact) mass is 335 g/mol. The van der Waals surface area contributed by atoms with Gasteiger partial charge in [0.25, 0.3) is 11.8 Å². The summed E-state index contributed by atoms with van der Waals surface area (Å²) in [5.74, 6) is -0.751. The highest BCUT2D eigenvalue weighted by atomic mass is 16.5. The van der Waals surface area contributed by atoms with Crippen LogP contribution in [-0.4, -0.2) is 30.4 Å². The fourth-order valence-electron chi connectivity index (χ4n) is 2.16. The Hall–Kier alpha value is -2.57. The van der Waals surface area contributed by atoms with Crippen LogP contribution < -0.4 is 20.9 Å². The average Bonchev–Trinajstić information content (AvgIpc) is 2.49. The Morgan fingerprint density at radius 3 is 2.17 bits per heavy atom. The molecule has 0 aliphatic rings. The van der Waals surface area contributed by atoms with Crippen molar-refractivity contribution in [3.05, 3.63) is 29.3 Å². The zero-order valence-corrected chi connectivity index (χ0v) is 14.7. The number of para-hydroxylation sites is 1. The summed E-state index contributed by atoms with van der Waals surface area (Å²) >= 11 is 0. The van der Waals surface area contributed by atoms with Crippen LogP contribution in [0.15, 0.2) is 18.2 Å². The molecule has 0 aromatic heterocycles. The number of carbonyl (C=O) groups excluding carboxylic acids is 3. The molecule has 0 fully saturated rings. The van der Waals surface area contributed by atoms with Gasteiger partial charge in [-0.2, -0.15) is 0 Å². The normalized spacial score (nSPS) is 11.6. The molecule has 7 heteroatoms. The smallest absolute Gasteiger partial charge is 0.276 e. The van der Waals surface area contributed by atoms with Gasteiger partial charge in [-0.1, -0.05) is 32.0 Å². The highest BCUT2D eigenvalue weighted by Gasteiger charge is 2.23. The highest BCUT2D eigenvalue weighted by Crippen LogP contribution is 2.21. The van der Waals surface area contributed by atoms with E-state index >= 15 is 0 Å². The van der Waals surface area contributed by atoms with Crippen molar-refractivity contribution in [2.24, 2.45) is 5.92 Å². The van der Waals surface area contributed by atoms with Gasteiger partial charge < -0.3 is 10.1 Å². The van der Waals surface area contributed by atoms with Crippen LogP contribution in [0.2, 0.25) is 0 Å². The van der Waals surface area contributed by atoms with Crippen molar-refractivity contribution in [3.63, 3.8) is 0 Å². The SMILES string of the molecule is CC(=O)N[C@@H](C(=O)NNC(=O)COc1c(C)cccc1C)C(C)C.